The number of alkyl carbamates (subject to hydrolysis) is 1. The van der Waals surface area contributed by atoms with Crippen molar-refractivity contribution in [3.63, 3.8) is 0 Å². The van der Waals surface area contributed by atoms with Gasteiger partial charge < -0.3 is 14.8 Å². The van der Waals surface area contributed by atoms with Gasteiger partial charge in [-0.1, -0.05) is 12.1 Å². The van der Waals surface area contributed by atoms with Gasteiger partial charge in [-0.25, -0.2) is 4.79 Å². The Morgan fingerprint density at radius 3 is 2.50 bits per heavy atom. The minimum atomic E-state index is -0.483. The molecule has 1 aliphatic rings. The van der Waals surface area contributed by atoms with Crippen molar-refractivity contribution in [2.75, 3.05) is 0 Å². The molecule has 24 heavy (non-hydrogen) atoms. The lowest BCUT2D eigenvalue weighted by Crippen LogP contribution is -2.42. The molecule has 2 rings (SSSR count). The molecule has 0 aliphatic heterocycles. The fourth-order valence-electron chi connectivity index (χ4n) is 2.86. The Morgan fingerprint density at radius 1 is 1.25 bits per heavy atom. The van der Waals surface area contributed by atoms with E-state index >= 15 is 0 Å². The van der Waals surface area contributed by atoms with Gasteiger partial charge >= 0.3 is 6.09 Å². The van der Waals surface area contributed by atoms with E-state index in [-0.39, 0.29) is 18.2 Å². The zero-order valence-corrected chi connectivity index (χ0v) is 14.9. The predicted molar refractivity (Wildman–Crippen MR) is 91.9 cm³/mol. The van der Waals surface area contributed by atoms with Gasteiger partial charge in [-0.3, -0.25) is 0 Å². The molecule has 0 spiro atoms. The van der Waals surface area contributed by atoms with Crippen LogP contribution in [0.3, 0.4) is 0 Å². The molecule has 130 valence electrons. The van der Waals surface area contributed by atoms with E-state index in [0.29, 0.717) is 11.3 Å². The molecule has 1 aromatic rings. The Balaban J connectivity index is 1.85. The SMILES string of the molecule is Cc1cccc(OC2CCC(NC(=O)OC(C)(C)C)CC2)c1C#N. The van der Waals surface area contributed by atoms with Crippen molar-refractivity contribution < 1.29 is 14.3 Å². The number of rotatable bonds is 3. The summed E-state index contributed by atoms with van der Waals surface area (Å²) in [4.78, 5) is 11.8. The number of hydrogen-bond acceptors (Lipinski definition) is 4. The van der Waals surface area contributed by atoms with Crippen LogP contribution in [0.25, 0.3) is 0 Å². The Morgan fingerprint density at radius 2 is 1.92 bits per heavy atom. The first-order valence-corrected chi connectivity index (χ1v) is 8.44. The zero-order chi connectivity index (χ0) is 17.7. The summed E-state index contributed by atoms with van der Waals surface area (Å²) in [5, 5.41) is 12.2. The van der Waals surface area contributed by atoms with E-state index in [1.165, 1.54) is 0 Å². The molecule has 0 saturated heterocycles. The maximum atomic E-state index is 11.8. The first kappa shape index (κ1) is 18.1. The highest BCUT2D eigenvalue weighted by Crippen LogP contribution is 2.27. The molecular formula is C19H26N2O3. The van der Waals surface area contributed by atoms with Gasteiger partial charge in [0.2, 0.25) is 0 Å². The highest BCUT2D eigenvalue weighted by atomic mass is 16.6. The number of carbonyl (C=O) groups excluding carboxylic acids is 1. The van der Waals surface area contributed by atoms with Crippen molar-refractivity contribution in [3.8, 4) is 11.8 Å². The number of nitrogens with one attached hydrogen (secondary N) is 1. The van der Waals surface area contributed by atoms with Gasteiger partial charge in [0.25, 0.3) is 0 Å². The standard InChI is InChI=1S/C19H26N2O3/c1-13-6-5-7-17(16(13)12-20)23-15-10-8-14(9-11-15)21-18(22)24-19(2,3)4/h5-7,14-15H,8-11H2,1-4H3,(H,21,22). The van der Waals surface area contributed by atoms with Crippen LogP contribution < -0.4 is 10.1 Å². The van der Waals surface area contributed by atoms with Crippen LogP contribution in [-0.4, -0.2) is 23.8 Å². The zero-order valence-electron chi connectivity index (χ0n) is 14.9. The molecule has 0 radical (unpaired) electrons. The number of carbonyl (C=O) groups is 1. The largest absolute Gasteiger partial charge is 0.489 e. The molecule has 0 unspecified atom stereocenters. The molecule has 5 heteroatoms. The summed E-state index contributed by atoms with van der Waals surface area (Å²) in [5.41, 5.74) is 1.05. The molecule has 5 nitrogen and oxygen atoms in total. The molecule has 0 aromatic heterocycles. The summed E-state index contributed by atoms with van der Waals surface area (Å²) in [6.45, 7) is 7.47. The van der Waals surface area contributed by atoms with Crippen LogP contribution in [-0.2, 0) is 4.74 Å². The van der Waals surface area contributed by atoms with Crippen LogP contribution in [0.15, 0.2) is 18.2 Å². The summed E-state index contributed by atoms with van der Waals surface area (Å²) < 4.78 is 11.3. The molecule has 1 fully saturated rings. The van der Waals surface area contributed by atoms with Crippen molar-refractivity contribution in [3.05, 3.63) is 29.3 Å². The van der Waals surface area contributed by atoms with Crippen LogP contribution in [0, 0.1) is 18.3 Å². The highest BCUT2D eigenvalue weighted by molar-refractivity contribution is 5.68. The second-order valence-corrected chi connectivity index (χ2v) is 7.30. The highest BCUT2D eigenvalue weighted by Gasteiger charge is 2.26. The molecule has 1 amide bonds. The van der Waals surface area contributed by atoms with Gasteiger partial charge in [0.1, 0.15) is 17.4 Å². The summed E-state index contributed by atoms with van der Waals surface area (Å²) in [7, 11) is 0. The van der Waals surface area contributed by atoms with Crippen molar-refractivity contribution in [2.45, 2.75) is 71.1 Å². The third kappa shape index (κ3) is 5.16. The van der Waals surface area contributed by atoms with Gasteiger partial charge in [0.15, 0.2) is 0 Å². The summed E-state index contributed by atoms with van der Waals surface area (Å²) in [5.74, 6) is 0.654. The lowest BCUT2D eigenvalue weighted by atomic mass is 9.93. The summed E-state index contributed by atoms with van der Waals surface area (Å²) >= 11 is 0. The maximum Gasteiger partial charge on any atom is 0.407 e. The van der Waals surface area contributed by atoms with E-state index < -0.39 is 5.60 Å². The van der Waals surface area contributed by atoms with Crippen LogP contribution in [0.2, 0.25) is 0 Å². The van der Waals surface area contributed by atoms with Gasteiger partial charge in [-0.2, -0.15) is 5.26 Å². The van der Waals surface area contributed by atoms with E-state index in [0.717, 1.165) is 31.2 Å². The first-order chi connectivity index (χ1) is 11.3. The Hall–Kier alpha value is -2.22. The van der Waals surface area contributed by atoms with Crippen molar-refractivity contribution in [2.24, 2.45) is 0 Å². The third-order valence-electron chi connectivity index (χ3n) is 4.04. The quantitative estimate of drug-likeness (QED) is 0.906. The Bertz CT molecular complexity index is 620. The lowest BCUT2D eigenvalue weighted by Gasteiger charge is -2.30. The van der Waals surface area contributed by atoms with Gasteiger partial charge in [0.05, 0.1) is 11.7 Å². The average Bonchev–Trinajstić information content (AvgIpc) is 2.47. The minimum Gasteiger partial charge on any atom is -0.489 e. The van der Waals surface area contributed by atoms with Crippen molar-refractivity contribution >= 4 is 6.09 Å². The average molecular weight is 330 g/mol. The van der Waals surface area contributed by atoms with Crippen molar-refractivity contribution in [1.29, 1.82) is 5.26 Å². The normalized spacial score (nSPS) is 20.8. The Kier molecular flexibility index (Phi) is 5.71. The second kappa shape index (κ2) is 7.57. The van der Waals surface area contributed by atoms with Crippen LogP contribution in [0.5, 0.6) is 5.75 Å². The van der Waals surface area contributed by atoms with Gasteiger partial charge in [0, 0.05) is 6.04 Å². The van der Waals surface area contributed by atoms with E-state index in [1.54, 1.807) is 0 Å². The Labute approximate surface area is 144 Å². The topological polar surface area (TPSA) is 71.3 Å². The molecule has 0 atom stereocenters. The fourth-order valence-corrected chi connectivity index (χ4v) is 2.86. The number of nitrogens with zero attached hydrogens (tertiary/aromatic N) is 1. The molecule has 1 aliphatic carbocycles. The maximum absolute atomic E-state index is 11.8. The number of nitriles is 1. The van der Waals surface area contributed by atoms with Crippen molar-refractivity contribution in [1.82, 2.24) is 5.32 Å². The number of hydrogen-bond donors (Lipinski definition) is 1. The van der Waals surface area contributed by atoms with E-state index in [2.05, 4.69) is 11.4 Å². The smallest absolute Gasteiger partial charge is 0.407 e. The number of benzene rings is 1. The van der Waals surface area contributed by atoms with E-state index in [1.807, 2.05) is 45.9 Å². The first-order valence-electron chi connectivity index (χ1n) is 8.44. The summed E-state index contributed by atoms with van der Waals surface area (Å²) in [6.07, 6.45) is 3.10. The van der Waals surface area contributed by atoms with Gasteiger partial charge in [-0.15, -0.1) is 0 Å². The van der Waals surface area contributed by atoms with Crippen LogP contribution >= 0.6 is 0 Å². The predicted octanol–water partition coefficient (Wildman–Crippen LogP) is 4.08. The molecule has 1 aromatic carbocycles. The molecule has 1 saturated carbocycles. The molecular weight excluding hydrogens is 304 g/mol. The monoisotopic (exact) mass is 330 g/mol. The fraction of sp³-hybridized carbons (Fsp3) is 0.579. The van der Waals surface area contributed by atoms with Crippen LogP contribution in [0.4, 0.5) is 4.79 Å². The lowest BCUT2D eigenvalue weighted by molar-refractivity contribution is 0.0471. The van der Waals surface area contributed by atoms with Gasteiger partial charge in [-0.05, 0) is 65.0 Å². The number of aryl methyl sites for hydroxylation is 1. The molecule has 0 heterocycles. The van der Waals surface area contributed by atoms with E-state index in [9.17, 15) is 10.1 Å². The summed E-state index contributed by atoms with van der Waals surface area (Å²) in [6, 6.07) is 7.99. The molecule has 0 bridgehead atoms. The van der Waals surface area contributed by atoms with E-state index in [4.69, 9.17) is 9.47 Å². The third-order valence-corrected chi connectivity index (χ3v) is 4.04. The minimum absolute atomic E-state index is 0.0792. The van der Waals surface area contributed by atoms with Crippen LogP contribution in [0.1, 0.15) is 57.6 Å². The second-order valence-electron chi connectivity index (χ2n) is 7.30. The molecule has 1 N–H and O–H groups in total. The number of ether oxygens (including phenoxy) is 2. The number of amides is 1.